The monoisotopic (exact) mass is 226 g/mol. The highest BCUT2D eigenvalue weighted by atomic mass is 16.3. The summed E-state index contributed by atoms with van der Waals surface area (Å²) in [6.45, 7) is 1.23. The molecule has 1 heterocycles. The molecule has 0 aliphatic heterocycles. The molecule has 0 bridgehead atoms. The molecular weight excluding hydrogens is 212 g/mol. The van der Waals surface area contributed by atoms with Crippen LogP contribution in [0.4, 0.5) is 0 Å². The molecule has 0 radical (unpaired) electrons. The van der Waals surface area contributed by atoms with E-state index in [1.54, 1.807) is 0 Å². The number of amides is 1. The first kappa shape index (κ1) is 12.4. The Kier molecular flexibility index (Phi) is 4.21. The van der Waals surface area contributed by atoms with E-state index in [0.29, 0.717) is 0 Å². The van der Waals surface area contributed by atoms with Crippen LogP contribution in [0, 0.1) is 0 Å². The van der Waals surface area contributed by atoms with Crippen molar-refractivity contribution in [2.24, 2.45) is 0 Å². The predicted molar refractivity (Wildman–Crippen MR) is 56.7 cm³/mol. The zero-order chi connectivity index (χ0) is 12.1. The van der Waals surface area contributed by atoms with Gasteiger partial charge in [-0.25, -0.2) is 0 Å². The van der Waals surface area contributed by atoms with Crippen LogP contribution < -0.4 is 10.7 Å². The molecule has 1 aromatic rings. The van der Waals surface area contributed by atoms with E-state index in [2.05, 4.69) is 10.3 Å². The van der Waals surface area contributed by atoms with Crippen LogP contribution in [0.1, 0.15) is 18.7 Å². The minimum Gasteiger partial charge on any atom is -0.388 e. The number of hydrogen-bond acceptors (Lipinski definition) is 4. The quantitative estimate of drug-likeness (QED) is 0.523. The molecule has 4 N–H and O–H groups in total. The van der Waals surface area contributed by atoms with Gasteiger partial charge in [-0.15, -0.1) is 0 Å². The second-order valence-electron chi connectivity index (χ2n) is 3.43. The van der Waals surface area contributed by atoms with E-state index < -0.39 is 12.2 Å². The number of rotatable bonds is 4. The molecule has 0 aromatic carbocycles. The fourth-order valence-corrected chi connectivity index (χ4v) is 1.20. The van der Waals surface area contributed by atoms with E-state index in [4.69, 9.17) is 0 Å². The van der Waals surface area contributed by atoms with E-state index >= 15 is 0 Å². The summed E-state index contributed by atoms with van der Waals surface area (Å²) in [5.74, 6) is -0.298. The Balaban J connectivity index is 2.66. The number of aliphatic hydroxyl groups is 2. The zero-order valence-electron chi connectivity index (χ0n) is 8.80. The van der Waals surface area contributed by atoms with Crippen molar-refractivity contribution in [3.8, 4) is 0 Å². The Bertz CT molecular complexity index is 415. The van der Waals surface area contributed by atoms with Crippen LogP contribution >= 0.6 is 0 Å². The van der Waals surface area contributed by atoms with Crippen molar-refractivity contribution >= 4 is 5.91 Å². The van der Waals surface area contributed by atoms with Crippen molar-refractivity contribution in [2.75, 3.05) is 6.54 Å². The third-order valence-electron chi connectivity index (χ3n) is 2.04. The van der Waals surface area contributed by atoms with Gasteiger partial charge in [0, 0.05) is 31.8 Å². The Hall–Kier alpha value is -1.66. The Morgan fingerprint density at radius 2 is 2.25 bits per heavy atom. The number of hydrogen-bond donors (Lipinski definition) is 4. The second kappa shape index (κ2) is 5.43. The highest BCUT2D eigenvalue weighted by molar-refractivity contribution is 5.72. The molecular formula is C10H14N2O4. The summed E-state index contributed by atoms with van der Waals surface area (Å²) >= 11 is 0. The van der Waals surface area contributed by atoms with Crippen LogP contribution in [0.25, 0.3) is 0 Å². The lowest BCUT2D eigenvalue weighted by molar-refractivity contribution is -0.119. The first-order valence-electron chi connectivity index (χ1n) is 4.80. The van der Waals surface area contributed by atoms with Gasteiger partial charge in [0.2, 0.25) is 5.91 Å². The average Bonchev–Trinajstić information content (AvgIpc) is 2.24. The summed E-state index contributed by atoms with van der Waals surface area (Å²) in [7, 11) is 0. The maximum absolute atomic E-state index is 11.0. The maximum atomic E-state index is 11.0. The third kappa shape index (κ3) is 3.48. The number of carbonyl (C=O) groups excluding carboxylic acids is 1. The molecule has 1 amide bonds. The first-order valence-corrected chi connectivity index (χ1v) is 4.80. The second-order valence-corrected chi connectivity index (χ2v) is 3.43. The summed E-state index contributed by atoms with van der Waals surface area (Å²) in [6, 6.07) is 2.50. The first-order chi connectivity index (χ1) is 7.50. The van der Waals surface area contributed by atoms with Crippen LogP contribution in [0.2, 0.25) is 0 Å². The number of carbonyl (C=O) groups is 1. The molecule has 0 spiro atoms. The smallest absolute Gasteiger partial charge is 0.216 e. The zero-order valence-corrected chi connectivity index (χ0v) is 8.80. The highest BCUT2D eigenvalue weighted by Gasteiger charge is 2.19. The standard InChI is InChI=1S/C10H14N2O4/c1-6(13)12-5-9(15)10(16)8-4-7(14)2-3-11-8/h2-4,9-10,15-16H,5H2,1H3,(H,11,14)(H,12,13). The van der Waals surface area contributed by atoms with Gasteiger partial charge in [0.15, 0.2) is 5.43 Å². The van der Waals surface area contributed by atoms with Gasteiger partial charge in [0.05, 0.1) is 5.69 Å². The fraction of sp³-hybridized carbons (Fsp3) is 0.400. The topological polar surface area (TPSA) is 102 Å². The molecule has 6 heteroatoms. The Morgan fingerprint density at radius 3 is 2.81 bits per heavy atom. The lowest BCUT2D eigenvalue weighted by Gasteiger charge is -2.17. The molecule has 0 saturated carbocycles. The third-order valence-corrected chi connectivity index (χ3v) is 2.04. The number of nitrogens with one attached hydrogen (secondary N) is 2. The van der Waals surface area contributed by atoms with Gasteiger partial charge in [-0.05, 0) is 0 Å². The van der Waals surface area contributed by atoms with Crippen molar-refractivity contribution in [1.29, 1.82) is 0 Å². The van der Waals surface area contributed by atoms with Crippen LogP contribution in [-0.4, -0.2) is 33.8 Å². The molecule has 0 fully saturated rings. The van der Waals surface area contributed by atoms with Crippen molar-refractivity contribution in [3.05, 3.63) is 34.2 Å². The average molecular weight is 226 g/mol. The summed E-state index contributed by atoms with van der Waals surface area (Å²) in [5, 5.41) is 21.5. The van der Waals surface area contributed by atoms with Crippen molar-refractivity contribution in [1.82, 2.24) is 10.3 Å². The number of H-pyrrole nitrogens is 1. The Morgan fingerprint density at radius 1 is 1.56 bits per heavy atom. The number of pyridine rings is 1. The lowest BCUT2D eigenvalue weighted by Crippen LogP contribution is -2.34. The lowest BCUT2D eigenvalue weighted by atomic mass is 10.1. The summed E-state index contributed by atoms with van der Waals surface area (Å²) in [6.07, 6.45) is -1.02. The SMILES string of the molecule is CC(=O)NCC(O)C(O)c1cc(=O)cc[nH]1. The van der Waals surface area contributed by atoms with Gasteiger partial charge in [0.1, 0.15) is 12.2 Å². The predicted octanol–water partition coefficient (Wildman–Crippen LogP) is -1.09. The van der Waals surface area contributed by atoms with Crippen LogP contribution in [-0.2, 0) is 4.79 Å². The largest absolute Gasteiger partial charge is 0.388 e. The van der Waals surface area contributed by atoms with E-state index in [1.807, 2.05) is 0 Å². The van der Waals surface area contributed by atoms with E-state index in [1.165, 1.54) is 25.3 Å². The van der Waals surface area contributed by atoms with Crippen LogP contribution in [0.5, 0.6) is 0 Å². The van der Waals surface area contributed by atoms with Gasteiger partial charge < -0.3 is 20.5 Å². The summed E-state index contributed by atoms with van der Waals surface area (Å²) in [5.41, 5.74) is -0.0510. The minimum absolute atomic E-state index is 0.0760. The molecule has 0 aliphatic carbocycles. The van der Waals surface area contributed by atoms with Gasteiger partial charge in [-0.3, -0.25) is 9.59 Å². The van der Waals surface area contributed by atoms with E-state index in [9.17, 15) is 19.8 Å². The number of aromatic nitrogens is 1. The summed E-state index contributed by atoms with van der Waals surface area (Å²) < 4.78 is 0. The molecule has 1 aromatic heterocycles. The molecule has 2 unspecified atom stereocenters. The number of aliphatic hydroxyl groups excluding tert-OH is 2. The van der Waals surface area contributed by atoms with E-state index in [-0.39, 0.29) is 23.6 Å². The van der Waals surface area contributed by atoms with Crippen molar-refractivity contribution < 1.29 is 15.0 Å². The molecule has 0 aliphatic rings. The van der Waals surface area contributed by atoms with E-state index in [0.717, 1.165) is 0 Å². The van der Waals surface area contributed by atoms with Gasteiger partial charge in [0.25, 0.3) is 0 Å². The van der Waals surface area contributed by atoms with Crippen LogP contribution in [0.3, 0.4) is 0 Å². The Labute approximate surface area is 91.9 Å². The minimum atomic E-state index is -1.24. The fourth-order valence-electron chi connectivity index (χ4n) is 1.20. The summed E-state index contributed by atoms with van der Waals surface area (Å²) in [4.78, 5) is 24.3. The molecule has 16 heavy (non-hydrogen) atoms. The van der Waals surface area contributed by atoms with Crippen molar-refractivity contribution in [3.63, 3.8) is 0 Å². The van der Waals surface area contributed by atoms with Gasteiger partial charge in [-0.2, -0.15) is 0 Å². The van der Waals surface area contributed by atoms with Gasteiger partial charge in [-0.1, -0.05) is 0 Å². The molecule has 88 valence electrons. The molecule has 6 nitrogen and oxygen atoms in total. The number of aromatic amines is 1. The highest BCUT2D eigenvalue weighted by Crippen LogP contribution is 2.11. The van der Waals surface area contributed by atoms with Crippen LogP contribution in [0.15, 0.2) is 23.1 Å². The molecule has 1 rings (SSSR count). The van der Waals surface area contributed by atoms with Gasteiger partial charge >= 0.3 is 0 Å². The molecule has 0 saturated heterocycles. The molecule has 2 atom stereocenters. The normalized spacial score (nSPS) is 14.2. The van der Waals surface area contributed by atoms with Crippen molar-refractivity contribution in [2.45, 2.75) is 19.1 Å². The maximum Gasteiger partial charge on any atom is 0.216 e.